The summed E-state index contributed by atoms with van der Waals surface area (Å²) in [6.07, 6.45) is 2.40. The van der Waals surface area contributed by atoms with Crippen LogP contribution in [0.25, 0.3) is 0 Å². The number of carboxylic acids is 1. The van der Waals surface area contributed by atoms with E-state index in [0.29, 0.717) is 5.56 Å². The maximum absolute atomic E-state index is 11.1. The molecular weight excluding hydrogens is 348 g/mol. The van der Waals surface area contributed by atoms with E-state index in [1.807, 2.05) is 26.2 Å². The molecule has 28 heavy (non-hydrogen) atoms. The van der Waals surface area contributed by atoms with E-state index in [9.17, 15) is 4.79 Å². The topological polar surface area (TPSA) is 52.6 Å². The lowest BCUT2D eigenvalue weighted by Crippen LogP contribution is -2.36. The van der Waals surface area contributed by atoms with Gasteiger partial charge in [-0.1, -0.05) is 45.9 Å². The molecule has 2 N–H and O–H groups in total. The predicted octanol–water partition coefficient (Wildman–Crippen LogP) is 5.09. The van der Waals surface area contributed by atoms with Gasteiger partial charge in [0.05, 0.1) is 5.56 Å². The molecule has 4 nitrogen and oxygen atoms in total. The molecule has 150 valence electrons. The molecule has 0 heterocycles. The zero-order valence-corrected chi connectivity index (χ0v) is 17.8. The summed E-state index contributed by atoms with van der Waals surface area (Å²) in [5.41, 5.74) is 5.76. The standard InChI is InChI=1S/C24H32N2O2/c1-23(2)13-14-24(3,4)20-15-17(9-12-19(20)23)21(25-5)26(6)18-10-7-16(8-11-18)22(27)28/h7-12,15,21,25H,13-14H2,1-6H3,(H,27,28). The van der Waals surface area contributed by atoms with E-state index < -0.39 is 5.97 Å². The van der Waals surface area contributed by atoms with Crippen molar-refractivity contribution in [2.24, 2.45) is 0 Å². The van der Waals surface area contributed by atoms with Crippen LogP contribution in [0.3, 0.4) is 0 Å². The normalized spacial score (nSPS) is 18.2. The SMILES string of the molecule is CNC(c1ccc2c(c1)C(C)(C)CCC2(C)C)N(C)c1ccc(C(=O)O)cc1. The van der Waals surface area contributed by atoms with Crippen molar-refractivity contribution in [2.45, 2.75) is 57.5 Å². The first-order valence-corrected chi connectivity index (χ1v) is 9.95. The molecule has 0 bridgehead atoms. The fourth-order valence-corrected chi connectivity index (χ4v) is 4.35. The van der Waals surface area contributed by atoms with Crippen LogP contribution in [0.4, 0.5) is 5.69 Å². The Hall–Kier alpha value is -2.33. The summed E-state index contributed by atoms with van der Waals surface area (Å²) in [7, 11) is 3.99. The number of fused-ring (bicyclic) bond motifs is 1. The first-order valence-electron chi connectivity index (χ1n) is 9.95. The number of carboxylic acid groups (broad SMARTS) is 1. The van der Waals surface area contributed by atoms with Crippen LogP contribution in [0, 0.1) is 0 Å². The molecule has 0 saturated heterocycles. The molecule has 1 atom stereocenters. The number of nitrogens with zero attached hydrogens (tertiary/aromatic N) is 1. The van der Waals surface area contributed by atoms with Gasteiger partial charge >= 0.3 is 5.97 Å². The molecule has 0 spiro atoms. The van der Waals surface area contributed by atoms with Gasteiger partial charge in [-0.2, -0.15) is 0 Å². The molecule has 0 amide bonds. The molecule has 0 aromatic heterocycles. The van der Waals surface area contributed by atoms with Gasteiger partial charge in [0.25, 0.3) is 0 Å². The number of hydrogen-bond acceptors (Lipinski definition) is 3. The molecule has 0 aliphatic heterocycles. The monoisotopic (exact) mass is 380 g/mol. The van der Waals surface area contributed by atoms with E-state index >= 15 is 0 Å². The molecule has 4 heteroatoms. The number of anilines is 1. The molecule has 1 unspecified atom stereocenters. The van der Waals surface area contributed by atoms with E-state index in [2.05, 4.69) is 56.1 Å². The minimum atomic E-state index is -0.904. The summed E-state index contributed by atoms with van der Waals surface area (Å²) in [4.78, 5) is 13.3. The van der Waals surface area contributed by atoms with Crippen molar-refractivity contribution in [2.75, 3.05) is 19.0 Å². The zero-order chi connectivity index (χ0) is 20.7. The first kappa shape index (κ1) is 20.4. The molecule has 3 rings (SSSR count). The van der Waals surface area contributed by atoms with E-state index in [4.69, 9.17) is 5.11 Å². The highest BCUT2D eigenvalue weighted by Gasteiger charge is 2.37. The van der Waals surface area contributed by atoms with Crippen molar-refractivity contribution in [3.05, 3.63) is 64.7 Å². The number of carbonyl (C=O) groups is 1. The second-order valence-corrected chi connectivity index (χ2v) is 9.23. The van der Waals surface area contributed by atoms with Crippen molar-refractivity contribution in [1.29, 1.82) is 0 Å². The van der Waals surface area contributed by atoms with Crippen LogP contribution in [0.1, 0.15) is 73.8 Å². The van der Waals surface area contributed by atoms with E-state index in [1.165, 1.54) is 29.5 Å². The molecule has 2 aromatic carbocycles. The Morgan fingerprint density at radius 3 is 2.11 bits per heavy atom. The second kappa shape index (κ2) is 7.25. The van der Waals surface area contributed by atoms with Crippen molar-refractivity contribution in [3.63, 3.8) is 0 Å². The molecular formula is C24H32N2O2. The third-order valence-electron chi connectivity index (χ3n) is 6.37. The Bertz CT molecular complexity index is 869. The van der Waals surface area contributed by atoms with Gasteiger partial charge in [0.2, 0.25) is 0 Å². The fourth-order valence-electron chi connectivity index (χ4n) is 4.35. The van der Waals surface area contributed by atoms with Gasteiger partial charge in [-0.25, -0.2) is 4.79 Å². The maximum Gasteiger partial charge on any atom is 0.335 e. The zero-order valence-electron chi connectivity index (χ0n) is 17.8. The maximum atomic E-state index is 11.1. The molecule has 1 aliphatic carbocycles. The average molecular weight is 381 g/mol. The van der Waals surface area contributed by atoms with Crippen LogP contribution in [0.2, 0.25) is 0 Å². The van der Waals surface area contributed by atoms with Crippen LogP contribution in [0.5, 0.6) is 0 Å². The van der Waals surface area contributed by atoms with Crippen molar-refractivity contribution in [1.82, 2.24) is 5.32 Å². The smallest absolute Gasteiger partial charge is 0.335 e. The summed E-state index contributed by atoms with van der Waals surface area (Å²) in [6.45, 7) is 9.36. The summed E-state index contributed by atoms with van der Waals surface area (Å²) in [5.74, 6) is -0.904. The van der Waals surface area contributed by atoms with Crippen molar-refractivity contribution in [3.8, 4) is 0 Å². The predicted molar refractivity (Wildman–Crippen MR) is 115 cm³/mol. The Kier molecular flexibility index (Phi) is 5.28. The van der Waals surface area contributed by atoms with Crippen LogP contribution >= 0.6 is 0 Å². The lowest BCUT2D eigenvalue weighted by atomic mass is 9.63. The van der Waals surface area contributed by atoms with Crippen molar-refractivity contribution < 1.29 is 9.90 Å². The van der Waals surface area contributed by atoms with Gasteiger partial charge in [0.1, 0.15) is 6.17 Å². The summed E-state index contributed by atoms with van der Waals surface area (Å²) >= 11 is 0. The summed E-state index contributed by atoms with van der Waals surface area (Å²) in [5, 5.41) is 12.5. The minimum Gasteiger partial charge on any atom is -0.478 e. The largest absolute Gasteiger partial charge is 0.478 e. The van der Waals surface area contributed by atoms with Crippen molar-refractivity contribution >= 4 is 11.7 Å². The third-order valence-corrected chi connectivity index (χ3v) is 6.37. The van der Waals surface area contributed by atoms with E-state index in [0.717, 1.165) is 5.69 Å². The van der Waals surface area contributed by atoms with Gasteiger partial charge in [0, 0.05) is 12.7 Å². The van der Waals surface area contributed by atoms with Crippen LogP contribution < -0.4 is 10.2 Å². The van der Waals surface area contributed by atoms with Gasteiger partial charge in [-0.3, -0.25) is 5.32 Å². The Labute approximate surface area is 168 Å². The average Bonchev–Trinajstić information content (AvgIpc) is 2.66. The summed E-state index contributed by atoms with van der Waals surface area (Å²) in [6, 6.07) is 13.9. The van der Waals surface area contributed by atoms with Crippen LogP contribution in [0.15, 0.2) is 42.5 Å². The van der Waals surface area contributed by atoms with E-state index in [-0.39, 0.29) is 17.0 Å². The van der Waals surface area contributed by atoms with Gasteiger partial charge in [0.15, 0.2) is 0 Å². The Morgan fingerprint density at radius 2 is 1.57 bits per heavy atom. The summed E-state index contributed by atoms with van der Waals surface area (Å²) < 4.78 is 0. The highest BCUT2D eigenvalue weighted by molar-refractivity contribution is 5.88. The van der Waals surface area contributed by atoms with Gasteiger partial charge < -0.3 is 10.0 Å². The van der Waals surface area contributed by atoms with Crippen LogP contribution in [-0.2, 0) is 10.8 Å². The third kappa shape index (κ3) is 3.66. The molecule has 0 radical (unpaired) electrons. The lowest BCUT2D eigenvalue weighted by molar-refractivity contribution is 0.0697. The Balaban J connectivity index is 1.98. The fraction of sp³-hybridized carbons (Fsp3) is 0.458. The number of hydrogen-bond donors (Lipinski definition) is 2. The first-order chi connectivity index (χ1) is 13.1. The highest BCUT2D eigenvalue weighted by Crippen LogP contribution is 2.46. The van der Waals surface area contributed by atoms with Gasteiger partial charge in [-0.05, 0) is 71.7 Å². The second-order valence-electron chi connectivity index (χ2n) is 9.23. The number of rotatable bonds is 5. The molecule has 0 saturated carbocycles. The highest BCUT2D eigenvalue weighted by atomic mass is 16.4. The number of benzene rings is 2. The number of nitrogens with one attached hydrogen (secondary N) is 1. The molecule has 0 fully saturated rings. The van der Waals surface area contributed by atoms with E-state index in [1.54, 1.807) is 12.1 Å². The van der Waals surface area contributed by atoms with Gasteiger partial charge in [-0.15, -0.1) is 0 Å². The lowest BCUT2D eigenvalue weighted by Gasteiger charge is -2.42. The minimum absolute atomic E-state index is 0.00168. The van der Waals surface area contributed by atoms with Crippen LogP contribution in [-0.4, -0.2) is 25.2 Å². The molecule has 1 aliphatic rings. The number of aromatic carboxylic acids is 1. The Morgan fingerprint density at radius 1 is 1.00 bits per heavy atom. The quantitative estimate of drug-likeness (QED) is 0.710. The molecule has 2 aromatic rings.